The Balaban J connectivity index is 1.47. The van der Waals surface area contributed by atoms with Gasteiger partial charge in [-0.3, -0.25) is 4.68 Å². The molecule has 0 spiro atoms. The van der Waals surface area contributed by atoms with E-state index in [-0.39, 0.29) is 0 Å². The SMILES string of the molecule is Cc1cc(C)n(CCCNCC(O)COCC2CC2)n1. The summed E-state index contributed by atoms with van der Waals surface area (Å²) in [7, 11) is 0. The number of rotatable bonds is 10. The van der Waals surface area contributed by atoms with E-state index in [1.807, 2.05) is 11.6 Å². The Kier molecular flexibility index (Phi) is 6.01. The molecular weight excluding hydrogens is 254 g/mol. The number of ether oxygens (including phenoxy) is 1. The standard InChI is InChI=1S/C15H27N3O2/c1-12-8-13(2)18(17-12)7-3-6-16-9-15(19)11-20-10-14-4-5-14/h8,14-16,19H,3-7,9-11H2,1-2H3. The minimum absolute atomic E-state index is 0.401. The second-order valence-corrected chi connectivity index (χ2v) is 5.84. The average Bonchev–Trinajstić information content (AvgIpc) is 3.15. The van der Waals surface area contributed by atoms with Gasteiger partial charge in [-0.25, -0.2) is 0 Å². The van der Waals surface area contributed by atoms with E-state index in [2.05, 4.69) is 23.4 Å². The van der Waals surface area contributed by atoms with Gasteiger partial charge in [-0.2, -0.15) is 5.10 Å². The van der Waals surface area contributed by atoms with Crippen LogP contribution in [0.15, 0.2) is 6.07 Å². The predicted octanol–water partition coefficient (Wildman–Crippen LogP) is 1.27. The molecule has 1 aliphatic carbocycles. The van der Waals surface area contributed by atoms with Gasteiger partial charge in [0.05, 0.1) is 18.4 Å². The van der Waals surface area contributed by atoms with Crippen molar-refractivity contribution in [1.82, 2.24) is 15.1 Å². The number of nitrogens with one attached hydrogen (secondary N) is 1. The van der Waals surface area contributed by atoms with Crippen molar-refractivity contribution in [2.75, 3.05) is 26.3 Å². The summed E-state index contributed by atoms with van der Waals surface area (Å²) in [5, 5.41) is 17.4. The highest BCUT2D eigenvalue weighted by Crippen LogP contribution is 2.28. The third-order valence-electron chi connectivity index (χ3n) is 3.57. The predicted molar refractivity (Wildman–Crippen MR) is 78.7 cm³/mol. The first-order valence-electron chi connectivity index (χ1n) is 7.62. The van der Waals surface area contributed by atoms with Crippen molar-refractivity contribution in [2.45, 2.75) is 45.8 Å². The van der Waals surface area contributed by atoms with Crippen molar-refractivity contribution in [3.63, 3.8) is 0 Å². The third-order valence-corrected chi connectivity index (χ3v) is 3.57. The maximum absolute atomic E-state index is 9.74. The van der Waals surface area contributed by atoms with Crippen LogP contribution < -0.4 is 5.32 Å². The molecule has 0 aliphatic heterocycles. The van der Waals surface area contributed by atoms with Gasteiger partial charge in [-0.05, 0) is 51.6 Å². The Hall–Kier alpha value is -0.910. The van der Waals surface area contributed by atoms with Crippen LogP contribution in [-0.2, 0) is 11.3 Å². The third kappa shape index (κ3) is 5.61. The molecule has 5 nitrogen and oxygen atoms in total. The summed E-state index contributed by atoms with van der Waals surface area (Å²) in [6.07, 6.45) is 3.20. The Morgan fingerprint density at radius 3 is 2.95 bits per heavy atom. The molecule has 1 atom stereocenters. The normalized spacial score (nSPS) is 16.6. The fourth-order valence-corrected chi connectivity index (χ4v) is 2.24. The zero-order chi connectivity index (χ0) is 14.4. The maximum Gasteiger partial charge on any atom is 0.0897 e. The van der Waals surface area contributed by atoms with Gasteiger partial charge in [0.2, 0.25) is 0 Å². The molecule has 1 fully saturated rings. The van der Waals surface area contributed by atoms with Gasteiger partial charge in [-0.15, -0.1) is 0 Å². The van der Waals surface area contributed by atoms with Crippen molar-refractivity contribution < 1.29 is 9.84 Å². The lowest BCUT2D eigenvalue weighted by molar-refractivity contribution is 0.0326. The first-order valence-corrected chi connectivity index (χ1v) is 7.62. The van der Waals surface area contributed by atoms with Crippen LogP contribution >= 0.6 is 0 Å². The minimum atomic E-state index is -0.401. The van der Waals surface area contributed by atoms with Crippen molar-refractivity contribution in [1.29, 1.82) is 0 Å². The Morgan fingerprint density at radius 1 is 1.50 bits per heavy atom. The van der Waals surface area contributed by atoms with Crippen LogP contribution in [0.2, 0.25) is 0 Å². The maximum atomic E-state index is 9.74. The van der Waals surface area contributed by atoms with E-state index < -0.39 is 6.10 Å². The highest BCUT2D eigenvalue weighted by molar-refractivity contribution is 5.06. The van der Waals surface area contributed by atoms with Crippen LogP contribution in [0.25, 0.3) is 0 Å². The Bertz CT molecular complexity index is 402. The van der Waals surface area contributed by atoms with E-state index in [1.54, 1.807) is 0 Å². The summed E-state index contributed by atoms with van der Waals surface area (Å²) < 4.78 is 7.49. The Labute approximate surface area is 121 Å². The van der Waals surface area contributed by atoms with Gasteiger partial charge >= 0.3 is 0 Å². The van der Waals surface area contributed by atoms with Gasteiger partial charge in [0.15, 0.2) is 0 Å². The number of aromatic nitrogens is 2. The molecule has 1 aromatic rings. The number of hydrogen-bond acceptors (Lipinski definition) is 4. The highest BCUT2D eigenvalue weighted by atomic mass is 16.5. The molecule has 1 aliphatic rings. The molecule has 114 valence electrons. The fourth-order valence-electron chi connectivity index (χ4n) is 2.24. The molecule has 20 heavy (non-hydrogen) atoms. The average molecular weight is 281 g/mol. The lowest BCUT2D eigenvalue weighted by Crippen LogP contribution is -2.31. The van der Waals surface area contributed by atoms with Gasteiger partial charge in [-0.1, -0.05) is 0 Å². The van der Waals surface area contributed by atoms with Gasteiger partial charge in [0.25, 0.3) is 0 Å². The molecule has 0 aromatic carbocycles. The molecule has 1 unspecified atom stereocenters. The van der Waals surface area contributed by atoms with Crippen molar-refractivity contribution in [2.24, 2.45) is 5.92 Å². The lowest BCUT2D eigenvalue weighted by Gasteiger charge is -2.12. The van der Waals surface area contributed by atoms with Crippen LogP contribution in [-0.4, -0.2) is 47.3 Å². The van der Waals surface area contributed by atoms with Crippen LogP contribution in [0.3, 0.4) is 0 Å². The number of nitrogens with zero attached hydrogens (tertiary/aromatic N) is 2. The highest BCUT2D eigenvalue weighted by Gasteiger charge is 2.21. The van der Waals surface area contributed by atoms with Crippen LogP contribution in [0.5, 0.6) is 0 Å². The monoisotopic (exact) mass is 281 g/mol. The number of hydrogen-bond donors (Lipinski definition) is 2. The number of aryl methyl sites for hydroxylation is 3. The fraction of sp³-hybridized carbons (Fsp3) is 0.800. The van der Waals surface area contributed by atoms with Crippen molar-refractivity contribution in [3.05, 3.63) is 17.5 Å². The minimum Gasteiger partial charge on any atom is -0.389 e. The first kappa shape index (κ1) is 15.5. The quantitative estimate of drug-likeness (QED) is 0.634. The van der Waals surface area contributed by atoms with Crippen LogP contribution in [0, 0.1) is 19.8 Å². The molecule has 2 rings (SSSR count). The number of aliphatic hydroxyl groups excluding tert-OH is 1. The largest absolute Gasteiger partial charge is 0.389 e. The zero-order valence-electron chi connectivity index (χ0n) is 12.6. The van der Waals surface area contributed by atoms with E-state index in [0.717, 1.165) is 37.7 Å². The molecule has 0 saturated heterocycles. The van der Waals surface area contributed by atoms with Gasteiger partial charge in [0, 0.05) is 25.4 Å². The van der Waals surface area contributed by atoms with E-state index in [1.165, 1.54) is 18.5 Å². The second-order valence-electron chi connectivity index (χ2n) is 5.84. The van der Waals surface area contributed by atoms with Gasteiger partial charge < -0.3 is 15.2 Å². The molecule has 2 N–H and O–H groups in total. The molecule has 5 heteroatoms. The topological polar surface area (TPSA) is 59.3 Å². The van der Waals surface area contributed by atoms with E-state index in [4.69, 9.17) is 4.74 Å². The lowest BCUT2D eigenvalue weighted by atomic mass is 10.3. The molecule has 0 amide bonds. The molecule has 0 bridgehead atoms. The second kappa shape index (κ2) is 7.76. The molecular formula is C15H27N3O2. The van der Waals surface area contributed by atoms with Crippen LogP contribution in [0.1, 0.15) is 30.7 Å². The van der Waals surface area contributed by atoms with Crippen molar-refractivity contribution in [3.8, 4) is 0 Å². The van der Waals surface area contributed by atoms with Gasteiger partial charge in [0.1, 0.15) is 0 Å². The molecule has 0 radical (unpaired) electrons. The summed E-state index contributed by atoms with van der Waals surface area (Å²) in [6.45, 7) is 7.75. The summed E-state index contributed by atoms with van der Waals surface area (Å²) in [5.74, 6) is 0.760. The smallest absolute Gasteiger partial charge is 0.0897 e. The Morgan fingerprint density at radius 2 is 2.30 bits per heavy atom. The summed E-state index contributed by atoms with van der Waals surface area (Å²) in [4.78, 5) is 0. The van der Waals surface area contributed by atoms with Crippen LogP contribution in [0.4, 0.5) is 0 Å². The van der Waals surface area contributed by atoms with E-state index >= 15 is 0 Å². The summed E-state index contributed by atoms with van der Waals surface area (Å²) in [6, 6.07) is 2.09. The summed E-state index contributed by atoms with van der Waals surface area (Å²) in [5.41, 5.74) is 2.27. The van der Waals surface area contributed by atoms with E-state index in [9.17, 15) is 5.11 Å². The molecule has 1 aromatic heterocycles. The molecule has 1 saturated carbocycles. The number of aliphatic hydroxyl groups is 1. The van der Waals surface area contributed by atoms with E-state index in [0.29, 0.717) is 13.2 Å². The van der Waals surface area contributed by atoms with Crippen molar-refractivity contribution >= 4 is 0 Å². The first-order chi connectivity index (χ1) is 9.65. The zero-order valence-corrected chi connectivity index (χ0v) is 12.6. The summed E-state index contributed by atoms with van der Waals surface area (Å²) >= 11 is 0. The molecule has 1 heterocycles.